The van der Waals surface area contributed by atoms with Crippen molar-refractivity contribution in [2.45, 2.75) is 32.5 Å². The van der Waals surface area contributed by atoms with Gasteiger partial charge in [-0.15, -0.1) is 13.2 Å². The minimum absolute atomic E-state index is 0.281. The Morgan fingerprint density at radius 3 is 2.15 bits per heavy atom. The zero-order valence-corrected chi connectivity index (χ0v) is 7.69. The molecule has 0 aromatic rings. The molecule has 0 heterocycles. The molecule has 80 valence electrons. The van der Waals surface area contributed by atoms with E-state index in [9.17, 15) is 13.2 Å². The van der Waals surface area contributed by atoms with Crippen LogP contribution in [0, 0.1) is 0 Å². The topological polar surface area (TPSA) is 18.5 Å². The second kappa shape index (κ2) is 7.15. The van der Waals surface area contributed by atoms with Crippen molar-refractivity contribution in [2.24, 2.45) is 0 Å². The number of unbranched alkanes of at least 4 members (excludes halogenated alkanes) is 1. The maximum atomic E-state index is 11.4. The summed E-state index contributed by atoms with van der Waals surface area (Å²) in [5.41, 5.74) is 0. The monoisotopic (exact) mass is 200 g/mol. The molecule has 0 amide bonds. The Labute approximate surface area is 76.0 Å². The van der Waals surface area contributed by atoms with E-state index >= 15 is 0 Å². The van der Waals surface area contributed by atoms with Gasteiger partial charge in [-0.25, -0.2) is 0 Å². The molecular weight excluding hydrogens is 185 g/mol. The van der Waals surface area contributed by atoms with Gasteiger partial charge in [0.2, 0.25) is 0 Å². The highest BCUT2D eigenvalue weighted by molar-refractivity contribution is 4.37. The van der Waals surface area contributed by atoms with E-state index in [1.165, 1.54) is 0 Å². The highest BCUT2D eigenvalue weighted by atomic mass is 19.4. The largest absolute Gasteiger partial charge is 0.522 e. The summed E-state index contributed by atoms with van der Waals surface area (Å²) < 4.78 is 42.9. The third-order valence-corrected chi connectivity index (χ3v) is 1.34. The number of alkyl halides is 3. The molecule has 0 bridgehead atoms. The van der Waals surface area contributed by atoms with Gasteiger partial charge in [0.25, 0.3) is 0 Å². The first kappa shape index (κ1) is 12.7. The average Bonchev–Trinajstić information content (AvgIpc) is 2.01. The number of hydrogen-bond acceptors (Lipinski definition) is 2. The van der Waals surface area contributed by atoms with E-state index in [2.05, 4.69) is 4.74 Å². The molecule has 0 unspecified atom stereocenters. The molecule has 0 aromatic heterocycles. The lowest BCUT2D eigenvalue weighted by molar-refractivity contribution is -0.325. The fourth-order valence-corrected chi connectivity index (χ4v) is 0.697. The van der Waals surface area contributed by atoms with Crippen LogP contribution in [0.25, 0.3) is 0 Å². The van der Waals surface area contributed by atoms with Crippen LogP contribution in [0.1, 0.15) is 26.2 Å². The van der Waals surface area contributed by atoms with E-state index in [4.69, 9.17) is 4.74 Å². The van der Waals surface area contributed by atoms with E-state index in [1.54, 1.807) is 0 Å². The lowest BCUT2D eigenvalue weighted by Gasteiger charge is -2.07. The molecular formula is C8H15F3O2. The minimum atomic E-state index is -4.51. The van der Waals surface area contributed by atoms with Gasteiger partial charge in [0, 0.05) is 13.2 Å². The molecule has 0 saturated heterocycles. The normalized spacial score (nSPS) is 12.0. The molecule has 0 atom stereocenters. The SMILES string of the molecule is CCCCOCCCOC(F)(F)F. The van der Waals surface area contributed by atoms with E-state index < -0.39 is 6.36 Å². The minimum Gasteiger partial charge on any atom is -0.381 e. The fourth-order valence-electron chi connectivity index (χ4n) is 0.697. The van der Waals surface area contributed by atoms with Crippen molar-refractivity contribution in [3.8, 4) is 0 Å². The first-order valence-corrected chi connectivity index (χ1v) is 4.34. The third-order valence-electron chi connectivity index (χ3n) is 1.34. The Morgan fingerprint density at radius 2 is 1.62 bits per heavy atom. The molecule has 5 heteroatoms. The van der Waals surface area contributed by atoms with Gasteiger partial charge in [-0.2, -0.15) is 0 Å². The van der Waals surface area contributed by atoms with Gasteiger partial charge >= 0.3 is 6.36 Å². The maximum absolute atomic E-state index is 11.4. The molecule has 0 spiro atoms. The van der Waals surface area contributed by atoms with Crippen molar-refractivity contribution < 1.29 is 22.6 Å². The van der Waals surface area contributed by atoms with Crippen molar-refractivity contribution >= 4 is 0 Å². The van der Waals surface area contributed by atoms with Crippen molar-refractivity contribution in [2.75, 3.05) is 19.8 Å². The zero-order valence-electron chi connectivity index (χ0n) is 7.69. The van der Waals surface area contributed by atoms with Crippen LogP contribution in [0.4, 0.5) is 13.2 Å². The third kappa shape index (κ3) is 11.7. The fraction of sp³-hybridized carbons (Fsp3) is 1.00. The number of halogens is 3. The Kier molecular flexibility index (Phi) is 6.99. The van der Waals surface area contributed by atoms with E-state index in [0.717, 1.165) is 12.8 Å². The maximum Gasteiger partial charge on any atom is 0.522 e. The van der Waals surface area contributed by atoms with Crippen LogP contribution in [0.15, 0.2) is 0 Å². The summed E-state index contributed by atoms with van der Waals surface area (Å²) in [6.45, 7) is 2.64. The van der Waals surface area contributed by atoms with E-state index in [0.29, 0.717) is 13.2 Å². The summed E-state index contributed by atoms with van der Waals surface area (Å²) in [6, 6.07) is 0. The molecule has 13 heavy (non-hydrogen) atoms. The van der Waals surface area contributed by atoms with Crippen LogP contribution in [0.2, 0.25) is 0 Å². The lowest BCUT2D eigenvalue weighted by atomic mass is 10.4. The van der Waals surface area contributed by atoms with Crippen molar-refractivity contribution in [3.63, 3.8) is 0 Å². The van der Waals surface area contributed by atoms with Gasteiger partial charge in [0.05, 0.1) is 6.61 Å². The van der Waals surface area contributed by atoms with Gasteiger partial charge in [-0.05, 0) is 12.8 Å². The van der Waals surface area contributed by atoms with Gasteiger partial charge < -0.3 is 4.74 Å². The molecule has 0 aromatic carbocycles. The van der Waals surface area contributed by atoms with Crippen molar-refractivity contribution in [1.29, 1.82) is 0 Å². The summed E-state index contributed by atoms with van der Waals surface area (Å²) in [6.07, 6.45) is -2.26. The Hall–Kier alpha value is -0.290. The van der Waals surface area contributed by atoms with Gasteiger partial charge in [-0.1, -0.05) is 13.3 Å². The lowest BCUT2D eigenvalue weighted by Crippen LogP contribution is -2.15. The Balaban J connectivity index is 3.00. The summed E-state index contributed by atoms with van der Waals surface area (Å²) in [5.74, 6) is 0. The van der Waals surface area contributed by atoms with Crippen LogP contribution in [-0.2, 0) is 9.47 Å². The molecule has 0 aliphatic carbocycles. The molecule has 0 aliphatic heterocycles. The summed E-state index contributed by atoms with van der Waals surface area (Å²) >= 11 is 0. The molecule has 0 rings (SSSR count). The zero-order chi connectivity index (χ0) is 10.2. The van der Waals surface area contributed by atoms with E-state index in [-0.39, 0.29) is 13.0 Å². The Morgan fingerprint density at radius 1 is 1.00 bits per heavy atom. The predicted molar refractivity (Wildman–Crippen MR) is 42.4 cm³/mol. The van der Waals surface area contributed by atoms with Crippen molar-refractivity contribution in [3.05, 3.63) is 0 Å². The van der Waals surface area contributed by atoms with Crippen LogP contribution in [0.3, 0.4) is 0 Å². The van der Waals surface area contributed by atoms with Gasteiger partial charge in [0.15, 0.2) is 0 Å². The quantitative estimate of drug-likeness (QED) is 0.588. The van der Waals surface area contributed by atoms with Crippen LogP contribution in [0.5, 0.6) is 0 Å². The van der Waals surface area contributed by atoms with Crippen LogP contribution in [-0.4, -0.2) is 26.2 Å². The van der Waals surface area contributed by atoms with E-state index in [1.807, 2.05) is 6.92 Å². The second-order valence-corrected chi connectivity index (χ2v) is 2.61. The molecule has 0 fully saturated rings. The number of ether oxygens (including phenoxy) is 2. The predicted octanol–water partition coefficient (Wildman–Crippen LogP) is 2.73. The first-order valence-electron chi connectivity index (χ1n) is 4.34. The van der Waals surface area contributed by atoms with Gasteiger partial charge in [-0.3, -0.25) is 4.74 Å². The van der Waals surface area contributed by atoms with Crippen LogP contribution < -0.4 is 0 Å². The smallest absolute Gasteiger partial charge is 0.381 e. The summed E-state index contributed by atoms with van der Waals surface area (Å²) in [4.78, 5) is 0. The molecule has 2 nitrogen and oxygen atoms in total. The van der Waals surface area contributed by atoms with Crippen molar-refractivity contribution in [1.82, 2.24) is 0 Å². The second-order valence-electron chi connectivity index (χ2n) is 2.61. The number of hydrogen-bond donors (Lipinski definition) is 0. The highest BCUT2D eigenvalue weighted by Crippen LogP contribution is 2.15. The molecule has 0 aliphatic rings. The molecule has 0 radical (unpaired) electrons. The van der Waals surface area contributed by atoms with Gasteiger partial charge in [0.1, 0.15) is 0 Å². The summed E-state index contributed by atoms with van der Waals surface area (Å²) in [7, 11) is 0. The molecule has 0 N–H and O–H groups in total. The standard InChI is InChI=1S/C8H15F3O2/c1-2-3-5-12-6-4-7-13-8(9,10)11/h2-7H2,1H3. The highest BCUT2D eigenvalue weighted by Gasteiger charge is 2.28. The average molecular weight is 200 g/mol. The number of rotatable bonds is 7. The molecule has 0 saturated carbocycles. The Bertz CT molecular complexity index is 114. The first-order chi connectivity index (χ1) is 6.06. The summed E-state index contributed by atoms with van der Waals surface area (Å²) in [5, 5.41) is 0. The van der Waals surface area contributed by atoms with Crippen LogP contribution >= 0.6 is 0 Å².